The molecule has 0 aliphatic carbocycles. The third kappa shape index (κ3) is 8.29. The molecule has 0 aliphatic rings. The molecule has 2 aromatic carbocycles. The van der Waals surface area contributed by atoms with Crippen LogP contribution in [-0.2, 0) is 16.4 Å². The maximum Gasteiger partial charge on any atom is 0.271 e. The molecule has 0 heterocycles. The molecule has 2 rings (SSSR count). The molecule has 0 amide bonds. The molecule has 11 heteroatoms. The maximum absolute atomic E-state index is 13.0. The molecule has 0 atom stereocenters. The summed E-state index contributed by atoms with van der Waals surface area (Å²) in [6.45, 7) is 12.6. The third-order valence-electron chi connectivity index (χ3n) is 4.70. The fourth-order valence-corrected chi connectivity index (χ4v) is 4.22. The molecule has 2 aromatic rings. The normalized spacial score (nSPS) is 12.1. The van der Waals surface area contributed by atoms with E-state index in [0.717, 1.165) is 18.1 Å². The number of nitro benzene ring substituents is 1. The van der Waals surface area contributed by atoms with Crippen molar-refractivity contribution in [2.24, 2.45) is 0 Å². The first-order valence-electron chi connectivity index (χ1n) is 10.9. The zero-order valence-corrected chi connectivity index (χ0v) is 23.3. The fourth-order valence-electron chi connectivity index (χ4n) is 2.87. The summed E-state index contributed by atoms with van der Waals surface area (Å²) in [6.07, 6.45) is 2.08. The van der Waals surface area contributed by atoms with Crippen molar-refractivity contribution in [3.05, 3.63) is 91.0 Å². The van der Waals surface area contributed by atoms with Crippen molar-refractivity contribution in [2.75, 3.05) is 11.8 Å². The minimum Gasteiger partial charge on any atom is -0.495 e. The number of hydrogen-bond donors (Lipinski definition) is 1. The molecule has 0 saturated heterocycles. The van der Waals surface area contributed by atoms with E-state index in [2.05, 4.69) is 11.3 Å². The molecular weight excluding hydrogens is 527 g/mol. The van der Waals surface area contributed by atoms with Crippen LogP contribution in [-0.4, -0.2) is 20.5 Å². The summed E-state index contributed by atoms with van der Waals surface area (Å²) in [4.78, 5) is 10.3. The number of halogens is 2. The second-order valence-corrected chi connectivity index (χ2v) is 9.86. The lowest BCUT2D eigenvalue weighted by Crippen LogP contribution is -2.14. The first kappa shape index (κ1) is 31.0. The minimum atomic E-state index is -3.95. The van der Waals surface area contributed by atoms with Crippen LogP contribution < -0.4 is 14.2 Å². The van der Waals surface area contributed by atoms with Crippen LogP contribution >= 0.6 is 23.2 Å². The highest BCUT2D eigenvalue weighted by Gasteiger charge is 2.19. The molecule has 0 spiro atoms. The van der Waals surface area contributed by atoms with E-state index in [1.54, 1.807) is 19.1 Å². The van der Waals surface area contributed by atoms with Gasteiger partial charge in [-0.15, -0.1) is 0 Å². The van der Waals surface area contributed by atoms with E-state index in [0.29, 0.717) is 17.0 Å². The molecule has 0 fully saturated rings. The van der Waals surface area contributed by atoms with Crippen LogP contribution in [0.15, 0.2) is 70.3 Å². The number of benzene rings is 2. The van der Waals surface area contributed by atoms with Crippen LogP contribution in [0.5, 0.6) is 11.5 Å². The summed E-state index contributed by atoms with van der Waals surface area (Å²) in [5.41, 5.74) is 1.38. The first-order valence-corrected chi connectivity index (χ1v) is 13.2. The van der Waals surface area contributed by atoms with Gasteiger partial charge in [0.1, 0.15) is 17.3 Å². The topological polar surface area (TPSA) is 108 Å². The number of aryl methyl sites for hydroxylation is 1. The number of non-ortho nitro benzene ring substituents is 1. The number of nitrogens with one attached hydrogen (secondary N) is 1. The summed E-state index contributed by atoms with van der Waals surface area (Å²) in [6, 6.07) is 8.92. The van der Waals surface area contributed by atoms with Gasteiger partial charge in [0, 0.05) is 12.1 Å². The first-order chi connectivity index (χ1) is 16.9. The van der Waals surface area contributed by atoms with Crippen molar-refractivity contribution in [1.82, 2.24) is 0 Å². The van der Waals surface area contributed by atoms with Crippen LogP contribution in [0.4, 0.5) is 11.4 Å². The number of hydrogen-bond acceptors (Lipinski definition) is 6. The van der Waals surface area contributed by atoms with Gasteiger partial charge in [-0.05, 0) is 55.7 Å². The monoisotopic (exact) mass is 556 g/mol. The van der Waals surface area contributed by atoms with Crippen molar-refractivity contribution in [3.63, 3.8) is 0 Å². The van der Waals surface area contributed by atoms with Crippen LogP contribution in [0, 0.1) is 10.1 Å². The molecule has 1 N–H and O–H groups in total. The van der Waals surface area contributed by atoms with E-state index in [4.69, 9.17) is 32.7 Å². The van der Waals surface area contributed by atoms with Gasteiger partial charge in [-0.2, -0.15) is 0 Å². The molecule has 0 radical (unpaired) electrons. The summed E-state index contributed by atoms with van der Waals surface area (Å²) >= 11 is 12.2. The Hall–Kier alpha value is -3.01. The maximum atomic E-state index is 13.0. The number of anilines is 1. The predicted molar refractivity (Wildman–Crippen MR) is 146 cm³/mol. The molecular formula is C25H30Cl2N2O6S. The number of methoxy groups -OCH3 is 1. The Balaban J connectivity index is 0.00000316. The average Bonchev–Trinajstić information content (AvgIpc) is 2.83. The second-order valence-electron chi connectivity index (χ2n) is 7.14. The lowest BCUT2D eigenvalue weighted by molar-refractivity contribution is -0.384. The Morgan fingerprint density at radius 1 is 1.17 bits per heavy atom. The third-order valence-corrected chi connectivity index (χ3v) is 6.62. The smallest absolute Gasteiger partial charge is 0.271 e. The van der Waals surface area contributed by atoms with E-state index in [1.165, 1.54) is 32.2 Å². The van der Waals surface area contributed by atoms with Gasteiger partial charge < -0.3 is 9.47 Å². The molecule has 0 aliphatic heterocycles. The largest absolute Gasteiger partial charge is 0.495 e. The van der Waals surface area contributed by atoms with Crippen molar-refractivity contribution < 1.29 is 22.8 Å². The zero-order chi connectivity index (χ0) is 27.6. The minimum absolute atomic E-state index is 0.0151. The van der Waals surface area contributed by atoms with Gasteiger partial charge in [0.15, 0.2) is 0 Å². The van der Waals surface area contributed by atoms with E-state index in [-0.39, 0.29) is 32.2 Å². The average molecular weight is 557 g/mol. The molecule has 0 aromatic heterocycles. The number of rotatable bonds is 10. The summed E-state index contributed by atoms with van der Waals surface area (Å²) < 4.78 is 39.5. The SMILES string of the molecule is C=C(Cl)/C(Oc1ccc([N+](=O)[O-])cc1Cl)=C(C)\C=C(/C)S(=O)(=O)Nc1cc(CC)ccc1OC.CC. The summed E-state index contributed by atoms with van der Waals surface area (Å²) in [5.74, 6) is 0.529. The fraction of sp³-hybridized carbons (Fsp3) is 0.280. The van der Waals surface area contributed by atoms with Crippen LogP contribution in [0.2, 0.25) is 5.02 Å². The van der Waals surface area contributed by atoms with Crippen LogP contribution in [0.1, 0.15) is 40.2 Å². The Bertz CT molecular complexity index is 1290. The van der Waals surface area contributed by atoms with Gasteiger partial charge in [-0.1, -0.05) is 56.6 Å². The van der Waals surface area contributed by atoms with E-state index >= 15 is 0 Å². The standard InChI is InChI=1S/C23H24Cl2N2O6S.C2H6/c1-6-17-7-9-22(32-5)20(12-17)26-34(30,31)15(3)11-14(2)23(16(4)24)33-21-10-8-18(27(28)29)13-19(21)25;1-2/h7-13,26H,4,6H2,1-3,5H3;1-2H3/b15-11+,23-14+;. The predicted octanol–water partition coefficient (Wildman–Crippen LogP) is 7.60. The van der Waals surface area contributed by atoms with Crippen molar-refractivity contribution in [1.29, 1.82) is 0 Å². The Morgan fingerprint density at radius 2 is 1.78 bits per heavy atom. The summed E-state index contributed by atoms with van der Waals surface area (Å²) in [7, 11) is -2.50. The highest BCUT2D eigenvalue weighted by Crippen LogP contribution is 2.33. The molecule has 0 unspecified atom stereocenters. The second kappa shape index (κ2) is 13.9. The number of sulfonamides is 1. The van der Waals surface area contributed by atoms with Gasteiger partial charge >= 0.3 is 0 Å². The van der Waals surface area contributed by atoms with Gasteiger partial charge in [-0.3, -0.25) is 14.8 Å². The van der Waals surface area contributed by atoms with Crippen molar-refractivity contribution in [3.8, 4) is 11.5 Å². The number of allylic oxidation sites excluding steroid dienone is 4. The van der Waals surface area contributed by atoms with Gasteiger partial charge in [0.05, 0.1) is 32.7 Å². The van der Waals surface area contributed by atoms with Crippen molar-refractivity contribution >= 4 is 44.6 Å². The molecule has 196 valence electrons. The Kier molecular flexibility index (Phi) is 12.0. The van der Waals surface area contributed by atoms with Gasteiger partial charge in [0.2, 0.25) is 0 Å². The van der Waals surface area contributed by atoms with Crippen LogP contribution in [0.25, 0.3) is 0 Å². The Morgan fingerprint density at radius 3 is 2.28 bits per heavy atom. The van der Waals surface area contributed by atoms with Crippen LogP contribution in [0.3, 0.4) is 0 Å². The lowest BCUT2D eigenvalue weighted by atomic mass is 10.1. The lowest BCUT2D eigenvalue weighted by Gasteiger charge is -2.15. The Labute approximate surface area is 222 Å². The van der Waals surface area contributed by atoms with E-state index in [9.17, 15) is 18.5 Å². The molecule has 36 heavy (non-hydrogen) atoms. The van der Waals surface area contributed by atoms with Crippen molar-refractivity contribution in [2.45, 2.75) is 41.0 Å². The van der Waals surface area contributed by atoms with E-state index in [1.807, 2.05) is 26.8 Å². The number of nitrogens with zero attached hydrogens (tertiary/aromatic N) is 1. The molecule has 0 bridgehead atoms. The number of nitro groups is 1. The highest BCUT2D eigenvalue weighted by molar-refractivity contribution is 7.96. The van der Waals surface area contributed by atoms with Gasteiger partial charge in [0.25, 0.3) is 15.7 Å². The molecule has 0 saturated carbocycles. The quantitative estimate of drug-likeness (QED) is 0.140. The van der Waals surface area contributed by atoms with E-state index < -0.39 is 14.9 Å². The highest BCUT2D eigenvalue weighted by atomic mass is 35.5. The van der Waals surface area contributed by atoms with Gasteiger partial charge in [-0.25, -0.2) is 8.42 Å². The molecule has 8 nitrogen and oxygen atoms in total. The number of ether oxygens (including phenoxy) is 2. The zero-order valence-electron chi connectivity index (χ0n) is 21.0. The summed E-state index contributed by atoms with van der Waals surface area (Å²) in [5, 5.41) is 10.9.